The van der Waals surface area contributed by atoms with Crippen molar-refractivity contribution in [1.82, 2.24) is 15.1 Å². The Morgan fingerprint density at radius 2 is 2.15 bits per heavy atom. The number of rotatable bonds is 6. The average Bonchev–Trinajstić information content (AvgIpc) is 3.11. The number of carbonyl (C=O) groups excluding carboxylic acids is 1. The van der Waals surface area contributed by atoms with E-state index in [0.717, 1.165) is 25.0 Å². The number of nitrogens with two attached hydrogens (primary N) is 1. The molecule has 20 heavy (non-hydrogen) atoms. The molecular formula is C15H26N4O. The summed E-state index contributed by atoms with van der Waals surface area (Å²) in [7, 11) is 0. The van der Waals surface area contributed by atoms with Crippen LogP contribution in [0.15, 0.2) is 6.07 Å². The van der Waals surface area contributed by atoms with Crippen molar-refractivity contribution in [2.75, 3.05) is 13.1 Å². The van der Waals surface area contributed by atoms with Crippen LogP contribution < -0.4 is 11.1 Å². The molecule has 1 aromatic heterocycles. The lowest BCUT2D eigenvalue weighted by molar-refractivity contribution is 0.0921. The number of carbonyl (C=O) groups is 1. The van der Waals surface area contributed by atoms with E-state index in [1.54, 1.807) is 4.68 Å². The Kier molecular flexibility index (Phi) is 4.81. The molecule has 0 spiro atoms. The van der Waals surface area contributed by atoms with Crippen LogP contribution in [0.5, 0.6) is 0 Å². The van der Waals surface area contributed by atoms with Crippen LogP contribution in [-0.2, 0) is 13.0 Å². The van der Waals surface area contributed by atoms with E-state index in [-0.39, 0.29) is 11.3 Å². The van der Waals surface area contributed by atoms with Crippen molar-refractivity contribution in [3.05, 3.63) is 17.5 Å². The minimum Gasteiger partial charge on any atom is -0.350 e. The summed E-state index contributed by atoms with van der Waals surface area (Å²) >= 11 is 0. The molecule has 0 unspecified atom stereocenters. The summed E-state index contributed by atoms with van der Waals surface area (Å²) in [5, 5.41) is 7.48. The molecule has 1 heterocycles. The molecular weight excluding hydrogens is 252 g/mol. The van der Waals surface area contributed by atoms with Crippen molar-refractivity contribution in [3.8, 4) is 0 Å². The van der Waals surface area contributed by atoms with Crippen LogP contribution in [0.1, 0.15) is 55.7 Å². The Balaban J connectivity index is 2.02. The highest BCUT2D eigenvalue weighted by atomic mass is 16.2. The minimum absolute atomic E-state index is 0.0289. The first-order chi connectivity index (χ1) is 9.64. The molecule has 0 aromatic carbocycles. The van der Waals surface area contributed by atoms with Crippen LogP contribution >= 0.6 is 0 Å². The molecule has 5 nitrogen and oxygen atoms in total. The highest BCUT2D eigenvalue weighted by Gasteiger charge is 2.33. The van der Waals surface area contributed by atoms with Crippen molar-refractivity contribution in [2.45, 2.75) is 52.5 Å². The van der Waals surface area contributed by atoms with Gasteiger partial charge < -0.3 is 11.1 Å². The van der Waals surface area contributed by atoms with Gasteiger partial charge in [-0.15, -0.1) is 0 Å². The summed E-state index contributed by atoms with van der Waals surface area (Å²) in [4.78, 5) is 12.4. The maximum absolute atomic E-state index is 12.4. The van der Waals surface area contributed by atoms with E-state index in [1.807, 2.05) is 19.9 Å². The Hall–Kier alpha value is -1.36. The monoisotopic (exact) mass is 278 g/mol. The molecule has 1 aliphatic rings. The molecule has 0 bridgehead atoms. The lowest BCUT2D eigenvalue weighted by Crippen LogP contribution is -2.41. The van der Waals surface area contributed by atoms with E-state index in [1.165, 1.54) is 12.8 Å². The van der Waals surface area contributed by atoms with Crippen LogP contribution in [-0.4, -0.2) is 28.8 Å². The van der Waals surface area contributed by atoms with Gasteiger partial charge in [0.1, 0.15) is 5.69 Å². The van der Waals surface area contributed by atoms with Gasteiger partial charge in [0.15, 0.2) is 0 Å². The molecule has 1 aliphatic carbocycles. The number of aryl methyl sites for hydroxylation is 2. The van der Waals surface area contributed by atoms with Crippen LogP contribution in [0.3, 0.4) is 0 Å². The van der Waals surface area contributed by atoms with Gasteiger partial charge in [0.2, 0.25) is 0 Å². The number of hydrogen-bond donors (Lipinski definition) is 2. The van der Waals surface area contributed by atoms with Gasteiger partial charge in [-0.25, -0.2) is 0 Å². The van der Waals surface area contributed by atoms with Crippen molar-refractivity contribution in [1.29, 1.82) is 0 Å². The fraction of sp³-hybridized carbons (Fsp3) is 0.733. The summed E-state index contributed by atoms with van der Waals surface area (Å²) < 4.78 is 1.78. The molecule has 1 fully saturated rings. The normalized spacial score (nSPS) is 17.4. The fourth-order valence-corrected chi connectivity index (χ4v) is 3.00. The molecule has 112 valence electrons. The summed E-state index contributed by atoms with van der Waals surface area (Å²) in [6.45, 7) is 6.09. The maximum atomic E-state index is 12.4. The third-order valence-electron chi connectivity index (χ3n) is 4.45. The average molecular weight is 278 g/mol. The lowest BCUT2D eigenvalue weighted by Gasteiger charge is -2.27. The summed E-state index contributed by atoms with van der Waals surface area (Å²) in [5.41, 5.74) is 7.64. The summed E-state index contributed by atoms with van der Waals surface area (Å²) in [6, 6.07) is 1.89. The van der Waals surface area contributed by atoms with Gasteiger partial charge in [0.05, 0.1) is 5.69 Å². The molecule has 0 saturated heterocycles. The number of amides is 1. The Bertz CT molecular complexity index is 460. The minimum atomic E-state index is -0.0289. The first kappa shape index (κ1) is 15.0. The first-order valence-corrected chi connectivity index (χ1v) is 7.69. The standard InChI is InChI=1S/C15H26N4O/c1-3-12-9-13(19(4-2)18-12)14(20)17-11-15(10-16)7-5-6-8-15/h9H,3-8,10-11,16H2,1-2H3,(H,17,20). The van der Waals surface area contributed by atoms with E-state index >= 15 is 0 Å². The summed E-state index contributed by atoms with van der Waals surface area (Å²) in [5.74, 6) is -0.0289. The molecule has 1 aromatic rings. The van der Waals surface area contributed by atoms with Crippen LogP contribution in [0.25, 0.3) is 0 Å². The second kappa shape index (κ2) is 6.39. The largest absolute Gasteiger partial charge is 0.350 e. The third kappa shape index (κ3) is 3.03. The van der Waals surface area contributed by atoms with Crippen molar-refractivity contribution < 1.29 is 4.79 Å². The van der Waals surface area contributed by atoms with E-state index in [4.69, 9.17) is 5.73 Å². The number of nitrogens with zero attached hydrogens (tertiary/aromatic N) is 2. The van der Waals surface area contributed by atoms with E-state index in [2.05, 4.69) is 10.4 Å². The van der Waals surface area contributed by atoms with Crippen LogP contribution in [0, 0.1) is 5.41 Å². The maximum Gasteiger partial charge on any atom is 0.269 e. The molecule has 5 heteroatoms. The Labute approximate surface area is 120 Å². The first-order valence-electron chi connectivity index (χ1n) is 7.69. The van der Waals surface area contributed by atoms with Gasteiger partial charge in [0.25, 0.3) is 5.91 Å². The second-order valence-electron chi connectivity index (χ2n) is 5.78. The highest BCUT2D eigenvalue weighted by Crippen LogP contribution is 2.36. The van der Waals surface area contributed by atoms with E-state index in [0.29, 0.717) is 25.3 Å². The topological polar surface area (TPSA) is 72.9 Å². The van der Waals surface area contributed by atoms with Crippen LogP contribution in [0.2, 0.25) is 0 Å². The number of nitrogens with one attached hydrogen (secondary N) is 1. The zero-order chi connectivity index (χ0) is 14.6. The SMILES string of the molecule is CCc1cc(C(=O)NCC2(CN)CCCC2)n(CC)n1. The molecule has 2 rings (SSSR count). The molecule has 1 amide bonds. The van der Waals surface area contributed by atoms with Crippen molar-refractivity contribution in [2.24, 2.45) is 11.1 Å². The molecule has 0 atom stereocenters. The van der Waals surface area contributed by atoms with Gasteiger partial charge in [-0.2, -0.15) is 5.10 Å². The third-order valence-corrected chi connectivity index (χ3v) is 4.45. The summed E-state index contributed by atoms with van der Waals surface area (Å²) in [6.07, 6.45) is 5.54. The predicted molar refractivity (Wildman–Crippen MR) is 79.6 cm³/mol. The van der Waals surface area contributed by atoms with Crippen molar-refractivity contribution >= 4 is 5.91 Å². The zero-order valence-corrected chi connectivity index (χ0v) is 12.6. The molecule has 1 saturated carbocycles. The fourth-order valence-electron chi connectivity index (χ4n) is 3.00. The molecule has 3 N–H and O–H groups in total. The van der Waals surface area contributed by atoms with Gasteiger partial charge >= 0.3 is 0 Å². The van der Waals surface area contributed by atoms with E-state index in [9.17, 15) is 4.79 Å². The predicted octanol–water partition coefficient (Wildman–Crippen LogP) is 1.71. The van der Waals surface area contributed by atoms with Crippen LogP contribution in [0.4, 0.5) is 0 Å². The smallest absolute Gasteiger partial charge is 0.269 e. The molecule has 0 aliphatic heterocycles. The lowest BCUT2D eigenvalue weighted by atomic mass is 9.86. The number of aromatic nitrogens is 2. The van der Waals surface area contributed by atoms with Gasteiger partial charge in [-0.3, -0.25) is 9.48 Å². The van der Waals surface area contributed by atoms with Crippen molar-refractivity contribution in [3.63, 3.8) is 0 Å². The number of hydrogen-bond acceptors (Lipinski definition) is 3. The highest BCUT2D eigenvalue weighted by molar-refractivity contribution is 5.92. The molecule has 0 radical (unpaired) electrons. The van der Waals surface area contributed by atoms with E-state index < -0.39 is 0 Å². The van der Waals surface area contributed by atoms with Gasteiger partial charge in [-0.1, -0.05) is 19.8 Å². The Morgan fingerprint density at radius 1 is 1.45 bits per heavy atom. The zero-order valence-electron chi connectivity index (χ0n) is 12.6. The quantitative estimate of drug-likeness (QED) is 0.832. The second-order valence-corrected chi connectivity index (χ2v) is 5.78. The Morgan fingerprint density at radius 3 is 2.70 bits per heavy atom. The van der Waals surface area contributed by atoms with Gasteiger partial charge in [-0.05, 0) is 44.2 Å². The van der Waals surface area contributed by atoms with Gasteiger partial charge in [0, 0.05) is 13.1 Å².